The standard InChI is InChI=1S/C12H9FO2/c13-11(9-5-2-1-3-6-9)12(14)10-7-4-8-15-10/h1-8,11H/t11-/m1/s1. The number of hydrogen-bond donors (Lipinski definition) is 0. The minimum atomic E-state index is -1.66. The molecule has 0 saturated heterocycles. The van der Waals surface area contributed by atoms with Gasteiger partial charge in [0, 0.05) is 0 Å². The van der Waals surface area contributed by atoms with E-state index >= 15 is 0 Å². The van der Waals surface area contributed by atoms with E-state index in [1.54, 1.807) is 36.4 Å². The van der Waals surface area contributed by atoms with E-state index in [0.29, 0.717) is 5.56 Å². The van der Waals surface area contributed by atoms with Crippen molar-refractivity contribution in [2.24, 2.45) is 0 Å². The molecule has 2 aromatic rings. The first-order chi connectivity index (χ1) is 7.29. The second-order valence-electron chi connectivity index (χ2n) is 3.11. The first-order valence-electron chi connectivity index (χ1n) is 4.56. The van der Waals surface area contributed by atoms with Crippen LogP contribution in [0.3, 0.4) is 0 Å². The second kappa shape index (κ2) is 4.09. The first kappa shape index (κ1) is 9.65. The maximum absolute atomic E-state index is 13.7. The maximum atomic E-state index is 13.7. The Kier molecular flexibility index (Phi) is 2.63. The Morgan fingerprint density at radius 1 is 1.13 bits per heavy atom. The zero-order chi connectivity index (χ0) is 10.7. The van der Waals surface area contributed by atoms with Crippen LogP contribution in [0.15, 0.2) is 53.1 Å². The van der Waals surface area contributed by atoms with Gasteiger partial charge in [-0.2, -0.15) is 0 Å². The van der Waals surface area contributed by atoms with Crippen molar-refractivity contribution >= 4 is 5.78 Å². The predicted octanol–water partition coefficient (Wildman–Crippen LogP) is 3.17. The molecule has 1 aromatic heterocycles. The molecule has 1 heterocycles. The average molecular weight is 204 g/mol. The van der Waals surface area contributed by atoms with E-state index in [0.717, 1.165) is 0 Å². The van der Waals surface area contributed by atoms with E-state index in [2.05, 4.69) is 0 Å². The number of carbonyl (C=O) groups excluding carboxylic acids is 1. The number of hydrogen-bond acceptors (Lipinski definition) is 2. The van der Waals surface area contributed by atoms with Crippen molar-refractivity contribution < 1.29 is 13.6 Å². The van der Waals surface area contributed by atoms with Crippen LogP contribution in [0.4, 0.5) is 4.39 Å². The molecular formula is C12H9FO2. The van der Waals surface area contributed by atoms with E-state index in [9.17, 15) is 9.18 Å². The number of ketones is 1. The maximum Gasteiger partial charge on any atom is 0.236 e. The number of benzene rings is 1. The third-order valence-electron chi connectivity index (χ3n) is 2.09. The summed E-state index contributed by atoms with van der Waals surface area (Å²) in [5.41, 5.74) is 0.346. The fraction of sp³-hybridized carbons (Fsp3) is 0.0833. The van der Waals surface area contributed by atoms with Crippen LogP contribution in [0, 0.1) is 0 Å². The van der Waals surface area contributed by atoms with Crippen LogP contribution in [-0.4, -0.2) is 5.78 Å². The van der Waals surface area contributed by atoms with Crippen molar-refractivity contribution in [1.29, 1.82) is 0 Å². The molecule has 0 spiro atoms. The van der Waals surface area contributed by atoms with Gasteiger partial charge >= 0.3 is 0 Å². The summed E-state index contributed by atoms with van der Waals surface area (Å²) < 4.78 is 18.5. The summed E-state index contributed by atoms with van der Waals surface area (Å²) in [5.74, 6) is -0.599. The van der Waals surface area contributed by atoms with Crippen LogP contribution in [0.5, 0.6) is 0 Å². The predicted molar refractivity (Wildman–Crippen MR) is 53.3 cm³/mol. The molecule has 15 heavy (non-hydrogen) atoms. The van der Waals surface area contributed by atoms with Gasteiger partial charge in [-0.1, -0.05) is 30.3 Å². The van der Waals surface area contributed by atoms with Gasteiger partial charge in [-0.3, -0.25) is 4.79 Å². The SMILES string of the molecule is O=C(c1ccco1)[C@H](F)c1ccccc1. The molecule has 1 aromatic carbocycles. The fourth-order valence-electron chi connectivity index (χ4n) is 1.32. The van der Waals surface area contributed by atoms with E-state index in [1.807, 2.05) is 0 Å². The van der Waals surface area contributed by atoms with Crippen molar-refractivity contribution in [3.63, 3.8) is 0 Å². The van der Waals surface area contributed by atoms with Crippen LogP contribution in [0.25, 0.3) is 0 Å². The van der Waals surface area contributed by atoms with Gasteiger partial charge in [0.05, 0.1) is 6.26 Å². The van der Waals surface area contributed by atoms with Gasteiger partial charge in [-0.05, 0) is 17.7 Å². The average Bonchev–Trinajstić information content (AvgIpc) is 2.82. The smallest absolute Gasteiger partial charge is 0.236 e. The van der Waals surface area contributed by atoms with Crippen LogP contribution in [0.2, 0.25) is 0 Å². The Bertz CT molecular complexity index is 434. The number of Topliss-reactive ketones (excluding diaryl/α,β-unsaturated/α-hetero) is 1. The topological polar surface area (TPSA) is 30.2 Å². The van der Waals surface area contributed by atoms with Crippen molar-refractivity contribution in [2.45, 2.75) is 6.17 Å². The number of halogens is 1. The summed E-state index contributed by atoms with van der Waals surface area (Å²) in [5, 5.41) is 0. The fourth-order valence-corrected chi connectivity index (χ4v) is 1.32. The van der Waals surface area contributed by atoms with Crippen LogP contribution in [-0.2, 0) is 0 Å². The molecule has 0 radical (unpaired) electrons. The van der Waals surface area contributed by atoms with Gasteiger partial charge < -0.3 is 4.42 Å². The number of carbonyl (C=O) groups is 1. The minimum absolute atomic E-state index is 0.0475. The minimum Gasteiger partial charge on any atom is -0.461 e. The van der Waals surface area contributed by atoms with E-state index < -0.39 is 12.0 Å². The lowest BCUT2D eigenvalue weighted by Crippen LogP contribution is -2.06. The monoisotopic (exact) mass is 204 g/mol. The number of furan rings is 1. The lowest BCUT2D eigenvalue weighted by Gasteiger charge is -2.04. The number of alkyl halides is 1. The van der Waals surface area contributed by atoms with Crippen molar-refractivity contribution in [1.82, 2.24) is 0 Å². The quantitative estimate of drug-likeness (QED) is 0.719. The van der Waals surface area contributed by atoms with Crippen molar-refractivity contribution in [2.75, 3.05) is 0 Å². The summed E-state index contributed by atoms with van der Waals surface area (Å²) in [6, 6.07) is 11.3. The van der Waals surface area contributed by atoms with Gasteiger partial charge in [0.25, 0.3) is 0 Å². The molecule has 0 aliphatic carbocycles. The van der Waals surface area contributed by atoms with Gasteiger partial charge in [0.15, 0.2) is 11.9 Å². The van der Waals surface area contributed by atoms with E-state index in [1.165, 1.54) is 12.3 Å². The Balaban J connectivity index is 2.23. The van der Waals surface area contributed by atoms with Gasteiger partial charge in [-0.25, -0.2) is 4.39 Å². The zero-order valence-corrected chi connectivity index (χ0v) is 7.89. The molecule has 76 valence electrons. The van der Waals surface area contributed by atoms with Crippen molar-refractivity contribution in [3.05, 3.63) is 60.1 Å². The lowest BCUT2D eigenvalue weighted by atomic mass is 10.1. The molecule has 0 aliphatic heterocycles. The molecule has 0 aliphatic rings. The summed E-state index contributed by atoms with van der Waals surface area (Å²) in [7, 11) is 0. The molecule has 0 amide bonds. The highest BCUT2D eigenvalue weighted by molar-refractivity contribution is 5.97. The normalized spacial score (nSPS) is 12.3. The molecule has 1 atom stereocenters. The molecule has 0 saturated carbocycles. The van der Waals surface area contributed by atoms with Gasteiger partial charge in [0.2, 0.25) is 5.78 Å². The van der Waals surface area contributed by atoms with Crippen molar-refractivity contribution in [3.8, 4) is 0 Å². The van der Waals surface area contributed by atoms with Crippen LogP contribution in [0.1, 0.15) is 22.3 Å². The number of rotatable bonds is 3. The molecule has 3 heteroatoms. The Labute approximate surface area is 86.3 Å². The zero-order valence-electron chi connectivity index (χ0n) is 7.89. The summed E-state index contributed by atoms with van der Waals surface area (Å²) >= 11 is 0. The molecule has 0 unspecified atom stereocenters. The summed E-state index contributed by atoms with van der Waals surface area (Å²) in [6.45, 7) is 0. The molecule has 2 rings (SSSR count). The Morgan fingerprint density at radius 3 is 2.47 bits per heavy atom. The molecular weight excluding hydrogens is 195 g/mol. The first-order valence-corrected chi connectivity index (χ1v) is 4.56. The molecule has 2 nitrogen and oxygen atoms in total. The van der Waals surface area contributed by atoms with Crippen LogP contribution >= 0.6 is 0 Å². The Hall–Kier alpha value is -1.90. The van der Waals surface area contributed by atoms with Gasteiger partial charge in [-0.15, -0.1) is 0 Å². The third kappa shape index (κ3) is 1.96. The lowest BCUT2D eigenvalue weighted by molar-refractivity contribution is 0.0849. The third-order valence-corrected chi connectivity index (χ3v) is 2.09. The highest BCUT2D eigenvalue weighted by Gasteiger charge is 2.22. The Morgan fingerprint density at radius 2 is 1.87 bits per heavy atom. The largest absolute Gasteiger partial charge is 0.461 e. The second-order valence-corrected chi connectivity index (χ2v) is 3.11. The highest BCUT2D eigenvalue weighted by atomic mass is 19.1. The molecule has 0 bridgehead atoms. The van der Waals surface area contributed by atoms with E-state index in [4.69, 9.17) is 4.42 Å². The summed E-state index contributed by atoms with van der Waals surface area (Å²) in [4.78, 5) is 11.5. The summed E-state index contributed by atoms with van der Waals surface area (Å²) in [6.07, 6.45) is -0.303. The van der Waals surface area contributed by atoms with Gasteiger partial charge in [0.1, 0.15) is 0 Å². The molecule has 0 N–H and O–H groups in total. The molecule has 0 fully saturated rings. The van der Waals surface area contributed by atoms with Crippen LogP contribution < -0.4 is 0 Å². The highest BCUT2D eigenvalue weighted by Crippen LogP contribution is 2.22. The van der Waals surface area contributed by atoms with E-state index in [-0.39, 0.29) is 5.76 Å².